The molecule has 0 amide bonds. The molecular weight excluding hydrogens is 288 g/mol. The second-order valence-corrected chi connectivity index (χ2v) is 6.67. The van der Waals surface area contributed by atoms with Gasteiger partial charge >= 0.3 is 0 Å². The monoisotopic (exact) mass is 302 g/mol. The summed E-state index contributed by atoms with van der Waals surface area (Å²) in [6.07, 6.45) is 0.601. The molecule has 0 saturated heterocycles. The van der Waals surface area contributed by atoms with Crippen LogP contribution in [-0.4, -0.2) is 10.9 Å². The zero-order valence-electron chi connectivity index (χ0n) is 9.58. The molecule has 0 saturated carbocycles. The predicted molar refractivity (Wildman–Crippen MR) is 70.1 cm³/mol. The highest BCUT2D eigenvalue weighted by atomic mass is 79.9. The van der Waals surface area contributed by atoms with Crippen molar-refractivity contribution in [3.8, 4) is 5.75 Å². The van der Waals surface area contributed by atoms with Crippen molar-refractivity contribution in [1.29, 1.82) is 0 Å². The Hall–Kier alpha value is -0.190. The molecule has 1 N–H and O–H groups in total. The lowest BCUT2D eigenvalue weighted by atomic mass is 9.76. The molecule has 0 fully saturated rings. The molecule has 1 heterocycles. The van der Waals surface area contributed by atoms with Gasteiger partial charge in [0.2, 0.25) is 5.79 Å². The molecule has 4 heteroatoms. The van der Waals surface area contributed by atoms with E-state index in [1.807, 2.05) is 12.1 Å². The molecule has 1 aromatic rings. The minimum atomic E-state index is -1.07. The third-order valence-corrected chi connectivity index (χ3v) is 4.42. The maximum absolute atomic E-state index is 10.0. The number of aliphatic hydroxyl groups is 1. The van der Waals surface area contributed by atoms with E-state index in [2.05, 4.69) is 34.7 Å². The maximum Gasteiger partial charge on any atom is 0.206 e. The van der Waals surface area contributed by atoms with Crippen molar-refractivity contribution in [2.75, 3.05) is 0 Å². The van der Waals surface area contributed by atoms with Crippen LogP contribution in [0, 0.1) is 0 Å². The van der Waals surface area contributed by atoms with Gasteiger partial charge in [-0.15, -0.1) is 0 Å². The lowest BCUT2D eigenvalue weighted by Gasteiger charge is -2.41. The van der Waals surface area contributed by atoms with E-state index in [-0.39, 0.29) is 5.41 Å². The molecule has 0 spiro atoms. The van der Waals surface area contributed by atoms with Gasteiger partial charge < -0.3 is 9.84 Å². The summed E-state index contributed by atoms with van der Waals surface area (Å²) in [5.41, 5.74) is 1.08. The average molecular weight is 303 g/mol. The van der Waals surface area contributed by atoms with Crippen molar-refractivity contribution in [2.24, 2.45) is 0 Å². The summed E-state index contributed by atoms with van der Waals surface area (Å²) in [4.78, 5) is 1.15. The van der Waals surface area contributed by atoms with Crippen molar-refractivity contribution in [3.05, 3.63) is 23.8 Å². The number of benzene rings is 1. The van der Waals surface area contributed by atoms with Gasteiger partial charge in [0.05, 0.1) is 0 Å². The summed E-state index contributed by atoms with van der Waals surface area (Å²) in [6, 6.07) is 6.02. The van der Waals surface area contributed by atoms with Crippen molar-refractivity contribution in [3.63, 3.8) is 0 Å². The van der Waals surface area contributed by atoms with Gasteiger partial charge in [0.25, 0.3) is 0 Å². The molecule has 0 radical (unpaired) electrons. The molecule has 88 valence electrons. The molecule has 1 aromatic carbocycles. The Labute approximate surface area is 108 Å². The highest BCUT2D eigenvalue weighted by Gasteiger charge is 2.40. The third-order valence-electron chi connectivity index (χ3n) is 2.87. The summed E-state index contributed by atoms with van der Waals surface area (Å²) in [5.74, 6) is -0.286. The zero-order chi connectivity index (χ0) is 12.0. The van der Waals surface area contributed by atoms with Gasteiger partial charge in [-0.3, -0.25) is 0 Å². The third kappa shape index (κ3) is 2.24. The first-order chi connectivity index (χ1) is 7.34. The van der Waals surface area contributed by atoms with Gasteiger partial charge in [0.15, 0.2) is 0 Å². The summed E-state index contributed by atoms with van der Waals surface area (Å²) in [7, 11) is 1.54. The van der Waals surface area contributed by atoms with E-state index >= 15 is 0 Å². The molecule has 0 aliphatic carbocycles. The lowest BCUT2D eigenvalue weighted by molar-refractivity contribution is -0.148. The van der Waals surface area contributed by atoms with E-state index in [0.717, 1.165) is 16.2 Å². The van der Waals surface area contributed by atoms with Gasteiger partial charge in [-0.1, -0.05) is 13.8 Å². The van der Waals surface area contributed by atoms with Crippen LogP contribution >= 0.6 is 25.0 Å². The Bertz CT molecular complexity index is 415. The van der Waals surface area contributed by atoms with E-state index in [0.29, 0.717) is 6.42 Å². The van der Waals surface area contributed by atoms with Crippen molar-refractivity contribution < 1.29 is 9.84 Å². The first-order valence-corrected chi connectivity index (χ1v) is 7.84. The summed E-state index contributed by atoms with van der Waals surface area (Å²) in [6.45, 7) is 5.97. The minimum absolute atomic E-state index is 0.0736. The molecule has 1 aliphatic rings. The summed E-state index contributed by atoms with van der Waals surface area (Å²) in [5, 5.41) is 10.0. The van der Waals surface area contributed by atoms with Crippen LogP contribution in [-0.2, 0) is 5.41 Å². The van der Waals surface area contributed by atoms with E-state index in [1.165, 1.54) is 10.2 Å². The summed E-state index contributed by atoms with van der Waals surface area (Å²) < 4.78 is 5.59. The van der Waals surface area contributed by atoms with Crippen LogP contribution in [0.5, 0.6) is 5.75 Å². The highest BCUT2D eigenvalue weighted by Crippen LogP contribution is 2.45. The van der Waals surface area contributed by atoms with E-state index < -0.39 is 5.79 Å². The number of fused-ring (bicyclic) bond motifs is 1. The molecule has 1 unspecified atom stereocenters. The Morgan fingerprint density at radius 1 is 1.38 bits per heavy atom. The second kappa shape index (κ2) is 3.93. The van der Waals surface area contributed by atoms with E-state index in [1.54, 1.807) is 6.92 Å². The van der Waals surface area contributed by atoms with Crippen LogP contribution in [0.2, 0.25) is 0 Å². The van der Waals surface area contributed by atoms with Gasteiger partial charge in [0, 0.05) is 23.8 Å². The Balaban J connectivity index is 2.51. The van der Waals surface area contributed by atoms with Gasteiger partial charge in [-0.05, 0) is 48.6 Å². The first-order valence-electron chi connectivity index (χ1n) is 5.19. The number of hydrogen-bond acceptors (Lipinski definition) is 3. The van der Waals surface area contributed by atoms with Crippen LogP contribution in [0.4, 0.5) is 0 Å². The number of hydrogen-bond donors (Lipinski definition) is 1. The van der Waals surface area contributed by atoms with Crippen LogP contribution < -0.4 is 4.74 Å². The van der Waals surface area contributed by atoms with Crippen LogP contribution in [0.1, 0.15) is 32.8 Å². The largest absolute Gasteiger partial charge is 0.463 e. The Kier molecular flexibility index (Phi) is 3.01. The fourth-order valence-corrected chi connectivity index (χ4v) is 3.25. The first kappa shape index (κ1) is 12.3. The quantitative estimate of drug-likeness (QED) is 0.854. The highest BCUT2D eigenvalue weighted by molar-refractivity contribution is 9.50. The maximum atomic E-state index is 10.0. The van der Waals surface area contributed by atoms with Gasteiger partial charge in [-0.25, -0.2) is 0 Å². The number of halogens is 1. The fraction of sp³-hybridized carbons (Fsp3) is 0.500. The van der Waals surface area contributed by atoms with Crippen LogP contribution in [0.15, 0.2) is 23.1 Å². The van der Waals surface area contributed by atoms with E-state index in [9.17, 15) is 5.11 Å². The molecule has 1 aliphatic heterocycles. The van der Waals surface area contributed by atoms with E-state index in [4.69, 9.17) is 4.74 Å². The van der Waals surface area contributed by atoms with Crippen LogP contribution in [0.3, 0.4) is 0 Å². The molecule has 2 rings (SSSR count). The van der Waals surface area contributed by atoms with Gasteiger partial charge in [-0.2, -0.15) is 0 Å². The fourth-order valence-electron chi connectivity index (χ4n) is 2.36. The standard InChI is InChI=1S/C12H15BrO2S/c1-11(2)7-12(3,14)15-10-5-4-8(16-13)6-9(10)11/h4-6,14H,7H2,1-3H3. The summed E-state index contributed by atoms with van der Waals surface area (Å²) >= 11 is 3.37. The Morgan fingerprint density at radius 2 is 2.06 bits per heavy atom. The zero-order valence-corrected chi connectivity index (χ0v) is 12.0. The van der Waals surface area contributed by atoms with Crippen molar-refractivity contribution in [1.82, 2.24) is 0 Å². The predicted octanol–water partition coefficient (Wildman–Crippen LogP) is 3.86. The molecule has 0 bridgehead atoms. The SMILES string of the molecule is CC1(O)CC(C)(C)c2cc(SBr)ccc2O1. The molecule has 1 atom stereocenters. The average Bonchev–Trinajstić information content (AvgIpc) is 2.14. The number of rotatable bonds is 1. The topological polar surface area (TPSA) is 29.5 Å². The minimum Gasteiger partial charge on any atom is -0.463 e. The smallest absolute Gasteiger partial charge is 0.206 e. The normalized spacial score (nSPS) is 27.1. The molecular formula is C12H15BrO2S. The molecule has 0 aromatic heterocycles. The van der Waals surface area contributed by atoms with Crippen molar-refractivity contribution >= 4 is 25.0 Å². The van der Waals surface area contributed by atoms with Crippen LogP contribution in [0.25, 0.3) is 0 Å². The van der Waals surface area contributed by atoms with Gasteiger partial charge in [0.1, 0.15) is 5.75 Å². The molecule has 2 nitrogen and oxygen atoms in total. The number of ether oxygens (including phenoxy) is 1. The second-order valence-electron chi connectivity index (χ2n) is 5.07. The molecule has 16 heavy (non-hydrogen) atoms. The Morgan fingerprint density at radius 3 is 2.69 bits per heavy atom. The van der Waals surface area contributed by atoms with Crippen molar-refractivity contribution in [2.45, 2.75) is 43.3 Å². The lowest BCUT2D eigenvalue weighted by Crippen LogP contribution is -2.43.